The quantitative estimate of drug-likeness (QED) is 0.921. The van der Waals surface area contributed by atoms with Gasteiger partial charge in [0.15, 0.2) is 0 Å². The number of rotatable bonds is 3. The topological polar surface area (TPSA) is 54.3 Å². The average molecular weight is 305 g/mol. The van der Waals surface area contributed by atoms with Gasteiger partial charge in [-0.2, -0.15) is 0 Å². The zero-order valence-corrected chi connectivity index (χ0v) is 14.1. The number of carbonyl (C=O) groups excluding carboxylic acids is 1. The molecule has 0 bridgehead atoms. The van der Waals surface area contributed by atoms with Gasteiger partial charge in [0, 0.05) is 43.9 Å². The molecule has 0 radical (unpaired) electrons. The number of amides is 1. The van der Waals surface area contributed by atoms with Crippen LogP contribution in [0.5, 0.6) is 0 Å². The van der Waals surface area contributed by atoms with Gasteiger partial charge in [-0.15, -0.1) is 0 Å². The monoisotopic (exact) mass is 305 g/mol. The molecule has 1 aromatic heterocycles. The van der Waals surface area contributed by atoms with Gasteiger partial charge in [-0.1, -0.05) is 20.8 Å². The molecular formula is C17H27N3O2. The van der Waals surface area contributed by atoms with Crippen LogP contribution in [0.1, 0.15) is 39.2 Å². The first-order valence-electron chi connectivity index (χ1n) is 7.94. The molecule has 2 heterocycles. The summed E-state index contributed by atoms with van der Waals surface area (Å²) in [6.45, 7) is 8.42. The van der Waals surface area contributed by atoms with Gasteiger partial charge >= 0.3 is 0 Å². The minimum atomic E-state index is -0.353. The molecule has 1 aliphatic rings. The number of piperidine rings is 1. The van der Waals surface area contributed by atoms with Gasteiger partial charge in [-0.3, -0.25) is 14.5 Å². The third kappa shape index (κ3) is 4.44. The lowest BCUT2D eigenvalue weighted by Gasteiger charge is -2.34. The molecule has 1 fully saturated rings. The lowest BCUT2D eigenvalue weighted by Crippen LogP contribution is -2.50. The fourth-order valence-electron chi connectivity index (χ4n) is 2.66. The maximum atomic E-state index is 12.1. The highest BCUT2D eigenvalue weighted by atomic mass is 16.2. The van der Waals surface area contributed by atoms with Crippen LogP contribution in [0.3, 0.4) is 0 Å². The number of nitrogens with one attached hydrogen (secondary N) is 1. The van der Waals surface area contributed by atoms with Crippen molar-refractivity contribution < 1.29 is 4.79 Å². The zero-order chi connectivity index (χ0) is 16.3. The van der Waals surface area contributed by atoms with Crippen molar-refractivity contribution in [2.45, 2.75) is 46.2 Å². The Kier molecular flexibility index (Phi) is 5.06. The Labute approximate surface area is 132 Å². The van der Waals surface area contributed by atoms with E-state index in [2.05, 4.69) is 10.2 Å². The van der Waals surface area contributed by atoms with Crippen LogP contribution in [0.2, 0.25) is 0 Å². The van der Waals surface area contributed by atoms with Gasteiger partial charge in [0.1, 0.15) is 0 Å². The van der Waals surface area contributed by atoms with Gasteiger partial charge in [0.05, 0.1) is 0 Å². The van der Waals surface area contributed by atoms with Crippen molar-refractivity contribution in [3.63, 3.8) is 0 Å². The molecule has 0 aromatic carbocycles. The number of pyridine rings is 1. The standard InChI is InChI=1S/C17H27N3O2/c1-17(2,3)16(22)18-14-6-5-8-20(12-14)11-13-7-9-19(4)15(21)10-13/h7,9-10,14H,5-6,8,11-12H2,1-4H3,(H,18,22). The second-order valence-electron chi connectivity index (χ2n) is 7.28. The Morgan fingerprint density at radius 1 is 1.41 bits per heavy atom. The van der Waals surface area contributed by atoms with Crippen LogP contribution in [-0.4, -0.2) is 34.5 Å². The molecule has 0 aliphatic carbocycles. The van der Waals surface area contributed by atoms with E-state index < -0.39 is 0 Å². The molecule has 1 unspecified atom stereocenters. The number of hydrogen-bond donors (Lipinski definition) is 1. The Morgan fingerprint density at radius 3 is 2.77 bits per heavy atom. The highest BCUT2D eigenvalue weighted by Gasteiger charge is 2.26. The van der Waals surface area contributed by atoms with Crippen molar-refractivity contribution in [3.8, 4) is 0 Å². The van der Waals surface area contributed by atoms with Crippen molar-refractivity contribution in [1.82, 2.24) is 14.8 Å². The predicted octanol–water partition coefficient (Wildman–Crippen LogP) is 1.51. The zero-order valence-electron chi connectivity index (χ0n) is 14.1. The number of aryl methyl sites for hydroxylation is 1. The molecule has 5 heteroatoms. The van der Waals surface area contributed by atoms with Gasteiger partial charge in [-0.05, 0) is 31.0 Å². The number of nitrogens with zero attached hydrogens (tertiary/aromatic N) is 2. The molecular weight excluding hydrogens is 278 g/mol. The van der Waals surface area contributed by atoms with E-state index >= 15 is 0 Å². The summed E-state index contributed by atoms with van der Waals surface area (Å²) in [5.41, 5.74) is 0.700. The first kappa shape index (κ1) is 16.7. The van der Waals surface area contributed by atoms with E-state index in [1.165, 1.54) is 0 Å². The third-order valence-corrected chi connectivity index (χ3v) is 4.10. The maximum absolute atomic E-state index is 12.1. The molecule has 122 valence electrons. The minimum Gasteiger partial charge on any atom is -0.352 e. The van der Waals surface area contributed by atoms with Gasteiger partial charge in [0.25, 0.3) is 5.56 Å². The smallest absolute Gasteiger partial charge is 0.250 e. The van der Waals surface area contributed by atoms with E-state index in [4.69, 9.17) is 0 Å². The average Bonchev–Trinajstić information content (AvgIpc) is 2.42. The van der Waals surface area contributed by atoms with Gasteiger partial charge in [0.2, 0.25) is 5.91 Å². The summed E-state index contributed by atoms with van der Waals surface area (Å²) in [5, 5.41) is 3.15. The summed E-state index contributed by atoms with van der Waals surface area (Å²) in [6.07, 6.45) is 3.90. The summed E-state index contributed by atoms with van der Waals surface area (Å²) in [4.78, 5) is 26.1. The molecule has 0 saturated carbocycles. The Bertz CT molecular complexity index is 586. The molecule has 22 heavy (non-hydrogen) atoms. The number of likely N-dealkylation sites (tertiary alicyclic amines) is 1. The van der Waals surface area contributed by atoms with Crippen LogP contribution < -0.4 is 10.9 Å². The van der Waals surface area contributed by atoms with Crippen LogP contribution in [-0.2, 0) is 18.4 Å². The van der Waals surface area contributed by atoms with E-state index in [9.17, 15) is 9.59 Å². The normalized spacial score (nSPS) is 19.9. The van der Waals surface area contributed by atoms with Crippen LogP contribution in [0, 0.1) is 5.41 Å². The summed E-state index contributed by atoms with van der Waals surface area (Å²) in [5.74, 6) is 0.105. The number of aromatic nitrogens is 1. The first-order valence-corrected chi connectivity index (χ1v) is 7.94. The van der Waals surface area contributed by atoms with E-state index in [0.29, 0.717) is 0 Å². The molecule has 1 atom stereocenters. The van der Waals surface area contributed by atoms with Crippen LogP contribution in [0.15, 0.2) is 23.1 Å². The first-order chi connectivity index (χ1) is 10.3. The fraction of sp³-hybridized carbons (Fsp3) is 0.647. The van der Waals surface area contributed by atoms with Gasteiger partial charge < -0.3 is 9.88 Å². The van der Waals surface area contributed by atoms with Crippen molar-refractivity contribution in [2.24, 2.45) is 12.5 Å². The van der Waals surface area contributed by atoms with Crippen molar-refractivity contribution in [1.29, 1.82) is 0 Å². The second-order valence-corrected chi connectivity index (χ2v) is 7.28. The second kappa shape index (κ2) is 6.65. The van der Waals surface area contributed by atoms with Crippen LogP contribution in [0.4, 0.5) is 0 Å². The largest absolute Gasteiger partial charge is 0.352 e. The molecule has 1 N–H and O–H groups in total. The molecule has 1 aromatic rings. The number of hydrogen-bond acceptors (Lipinski definition) is 3. The van der Waals surface area contributed by atoms with Crippen LogP contribution in [0.25, 0.3) is 0 Å². The lowest BCUT2D eigenvalue weighted by atomic mass is 9.94. The summed E-state index contributed by atoms with van der Waals surface area (Å²) in [7, 11) is 1.76. The molecule has 1 amide bonds. The van der Waals surface area contributed by atoms with Crippen molar-refractivity contribution in [3.05, 3.63) is 34.2 Å². The maximum Gasteiger partial charge on any atom is 0.250 e. The Balaban J connectivity index is 1.94. The van der Waals surface area contributed by atoms with Crippen molar-refractivity contribution in [2.75, 3.05) is 13.1 Å². The van der Waals surface area contributed by atoms with E-state index in [1.807, 2.05) is 26.8 Å². The van der Waals surface area contributed by atoms with Crippen molar-refractivity contribution >= 4 is 5.91 Å². The van der Waals surface area contributed by atoms with Crippen LogP contribution >= 0.6 is 0 Å². The molecule has 0 spiro atoms. The molecule has 2 rings (SSSR count). The molecule has 1 saturated heterocycles. The van der Waals surface area contributed by atoms with E-state index in [0.717, 1.165) is 38.0 Å². The Morgan fingerprint density at radius 2 is 2.14 bits per heavy atom. The van der Waals surface area contributed by atoms with Gasteiger partial charge in [-0.25, -0.2) is 0 Å². The molecule has 5 nitrogen and oxygen atoms in total. The lowest BCUT2D eigenvalue weighted by molar-refractivity contribution is -0.129. The Hall–Kier alpha value is -1.62. The SMILES string of the molecule is Cn1ccc(CN2CCCC(NC(=O)C(C)(C)C)C2)cc1=O. The molecule has 1 aliphatic heterocycles. The third-order valence-electron chi connectivity index (χ3n) is 4.10. The predicted molar refractivity (Wildman–Crippen MR) is 87.6 cm³/mol. The fourth-order valence-corrected chi connectivity index (χ4v) is 2.66. The van der Waals surface area contributed by atoms with E-state index in [-0.39, 0.29) is 22.9 Å². The number of carbonyl (C=O) groups is 1. The van der Waals surface area contributed by atoms with E-state index in [1.54, 1.807) is 23.9 Å². The minimum absolute atomic E-state index is 0.0205. The highest BCUT2D eigenvalue weighted by molar-refractivity contribution is 5.81. The summed E-state index contributed by atoms with van der Waals surface area (Å²) in [6, 6.07) is 3.88. The summed E-state index contributed by atoms with van der Waals surface area (Å²) < 4.78 is 1.58. The highest BCUT2D eigenvalue weighted by Crippen LogP contribution is 2.17. The summed E-state index contributed by atoms with van der Waals surface area (Å²) >= 11 is 0.